The van der Waals surface area contributed by atoms with Crippen molar-refractivity contribution >= 4 is 40.9 Å². The number of nitrogens with one attached hydrogen (secondary N) is 1. The van der Waals surface area contributed by atoms with Crippen LogP contribution in [-0.4, -0.2) is 40.9 Å². The van der Waals surface area contributed by atoms with Crippen molar-refractivity contribution in [3.05, 3.63) is 29.8 Å². The maximum atomic E-state index is 12.3. The van der Waals surface area contributed by atoms with Crippen molar-refractivity contribution in [3.63, 3.8) is 0 Å². The lowest BCUT2D eigenvalue weighted by molar-refractivity contribution is -0.116. The molecule has 1 aromatic carbocycles. The molecule has 1 aliphatic heterocycles. The largest absolute Gasteiger partial charge is 0.350 e. The average Bonchev–Trinajstić information content (AvgIpc) is 2.91. The lowest BCUT2D eigenvalue weighted by Gasteiger charge is -2.23. The summed E-state index contributed by atoms with van der Waals surface area (Å²) < 4.78 is 0. The molecule has 1 aromatic rings. The van der Waals surface area contributed by atoms with Crippen LogP contribution in [-0.2, 0) is 4.79 Å². The van der Waals surface area contributed by atoms with Gasteiger partial charge in [0.25, 0.3) is 0 Å². The maximum absolute atomic E-state index is 12.3. The lowest BCUT2D eigenvalue weighted by atomic mass is 9.96. The first-order valence-corrected chi connectivity index (χ1v) is 9.90. The fourth-order valence-corrected chi connectivity index (χ4v) is 4.55. The van der Waals surface area contributed by atoms with Gasteiger partial charge in [-0.2, -0.15) is 0 Å². The van der Waals surface area contributed by atoms with Crippen molar-refractivity contribution in [3.8, 4) is 0 Å². The van der Waals surface area contributed by atoms with Crippen LogP contribution < -0.4 is 5.32 Å². The molecule has 1 unspecified atom stereocenters. The molecule has 0 radical (unpaired) electrons. The highest BCUT2D eigenvalue weighted by Crippen LogP contribution is 2.28. The third kappa shape index (κ3) is 5.65. The zero-order chi connectivity index (χ0) is 16.9. The minimum atomic E-state index is 0. The Morgan fingerprint density at radius 2 is 1.92 bits per heavy atom. The maximum Gasteiger partial charge on any atom is 0.226 e. The molecule has 3 rings (SSSR count). The van der Waals surface area contributed by atoms with Gasteiger partial charge in [-0.25, -0.2) is 0 Å². The standard InChI is InChI=1S/C19H27N3OS.ClH/c1-14-8-10-16(11-9-14)20-18(23)12-17-13-24-19(22(17)2)21-15-6-4-3-5-7-15;/h8-11,15,17H,3-7,12-13H2,1-2H3,(H,20,23);1H. The second kappa shape index (κ2) is 9.48. The molecular formula is C19H28ClN3OS. The van der Waals surface area contributed by atoms with Gasteiger partial charge in [0.15, 0.2) is 5.17 Å². The molecule has 1 saturated carbocycles. The van der Waals surface area contributed by atoms with Gasteiger partial charge in [-0.15, -0.1) is 12.4 Å². The number of hydrogen-bond donors (Lipinski definition) is 1. The Hall–Kier alpha value is -1.20. The number of amidine groups is 1. The van der Waals surface area contributed by atoms with Gasteiger partial charge >= 0.3 is 0 Å². The van der Waals surface area contributed by atoms with Gasteiger partial charge in [0.05, 0.1) is 6.04 Å². The molecule has 1 amide bonds. The highest BCUT2D eigenvalue weighted by Gasteiger charge is 2.29. The first-order chi connectivity index (χ1) is 11.6. The summed E-state index contributed by atoms with van der Waals surface area (Å²) in [5.41, 5.74) is 2.07. The van der Waals surface area contributed by atoms with Gasteiger partial charge in [-0.05, 0) is 31.9 Å². The number of aryl methyl sites for hydroxylation is 1. The molecule has 138 valence electrons. The van der Waals surface area contributed by atoms with Crippen LogP contribution in [0.1, 0.15) is 44.1 Å². The summed E-state index contributed by atoms with van der Waals surface area (Å²) in [5.74, 6) is 1.03. The second-order valence-electron chi connectivity index (χ2n) is 6.90. The van der Waals surface area contributed by atoms with Crippen molar-refractivity contribution < 1.29 is 4.79 Å². The molecule has 1 N–H and O–H groups in total. The van der Waals surface area contributed by atoms with Crippen molar-refractivity contribution in [2.45, 2.75) is 57.5 Å². The van der Waals surface area contributed by atoms with E-state index in [9.17, 15) is 4.79 Å². The van der Waals surface area contributed by atoms with Crippen molar-refractivity contribution in [2.75, 3.05) is 18.1 Å². The van der Waals surface area contributed by atoms with E-state index in [-0.39, 0.29) is 24.4 Å². The third-order valence-electron chi connectivity index (χ3n) is 4.88. The van der Waals surface area contributed by atoms with Crippen LogP contribution in [0.5, 0.6) is 0 Å². The SMILES string of the molecule is Cc1ccc(NC(=O)CC2CSC(=NC3CCCCC3)N2C)cc1.Cl. The molecule has 1 heterocycles. The first-order valence-electron chi connectivity index (χ1n) is 8.92. The first kappa shape index (κ1) is 20.1. The van der Waals surface area contributed by atoms with Crippen LogP contribution in [0.3, 0.4) is 0 Å². The zero-order valence-corrected chi connectivity index (χ0v) is 16.7. The van der Waals surface area contributed by atoms with E-state index in [1.807, 2.05) is 31.2 Å². The Morgan fingerprint density at radius 3 is 2.60 bits per heavy atom. The number of rotatable bonds is 4. The predicted octanol–water partition coefficient (Wildman–Crippen LogP) is 4.48. The smallest absolute Gasteiger partial charge is 0.226 e. The summed E-state index contributed by atoms with van der Waals surface area (Å²) in [6.45, 7) is 2.05. The van der Waals surface area contributed by atoms with E-state index in [4.69, 9.17) is 4.99 Å². The number of carbonyl (C=O) groups is 1. The monoisotopic (exact) mass is 381 g/mol. The Kier molecular flexibility index (Phi) is 7.63. The Bertz CT molecular complexity index is 599. The van der Waals surface area contributed by atoms with Crippen LogP contribution in [0.2, 0.25) is 0 Å². The van der Waals surface area contributed by atoms with Crippen molar-refractivity contribution in [2.24, 2.45) is 4.99 Å². The fraction of sp³-hybridized carbons (Fsp3) is 0.579. The molecule has 6 heteroatoms. The molecule has 0 spiro atoms. The molecule has 0 aromatic heterocycles. The normalized spacial score (nSPS) is 22.7. The van der Waals surface area contributed by atoms with E-state index in [1.54, 1.807) is 11.8 Å². The van der Waals surface area contributed by atoms with Crippen LogP contribution >= 0.6 is 24.2 Å². The Balaban J connectivity index is 0.00000225. The highest BCUT2D eigenvalue weighted by molar-refractivity contribution is 8.14. The molecule has 1 saturated heterocycles. The van der Waals surface area contributed by atoms with E-state index in [0.717, 1.165) is 16.6 Å². The summed E-state index contributed by atoms with van der Waals surface area (Å²) >= 11 is 1.80. The second-order valence-corrected chi connectivity index (χ2v) is 7.88. The molecule has 25 heavy (non-hydrogen) atoms. The van der Waals surface area contributed by atoms with Gasteiger partial charge in [0.2, 0.25) is 5.91 Å². The molecule has 1 atom stereocenters. The number of aliphatic imine (C=N–C) groups is 1. The Labute approximate surface area is 161 Å². The van der Waals surface area contributed by atoms with E-state index < -0.39 is 0 Å². The highest BCUT2D eigenvalue weighted by atomic mass is 35.5. The number of hydrogen-bond acceptors (Lipinski definition) is 3. The van der Waals surface area contributed by atoms with E-state index in [1.165, 1.54) is 37.7 Å². The molecule has 0 bridgehead atoms. The number of benzene rings is 1. The van der Waals surface area contributed by atoms with Crippen LogP contribution in [0.4, 0.5) is 5.69 Å². The number of halogens is 1. The van der Waals surface area contributed by atoms with Gasteiger partial charge in [-0.3, -0.25) is 9.79 Å². The van der Waals surface area contributed by atoms with Gasteiger partial charge in [-0.1, -0.05) is 48.7 Å². The lowest BCUT2D eigenvalue weighted by Crippen LogP contribution is -2.34. The number of nitrogens with zero attached hydrogens (tertiary/aromatic N) is 2. The van der Waals surface area contributed by atoms with Crippen LogP contribution in [0.15, 0.2) is 29.3 Å². The summed E-state index contributed by atoms with van der Waals surface area (Å²) in [5, 5.41) is 4.12. The summed E-state index contributed by atoms with van der Waals surface area (Å²) in [4.78, 5) is 19.5. The van der Waals surface area contributed by atoms with Gasteiger partial charge in [0, 0.05) is 31.0 Å². The molecule has 4 nitrogen and oxygen atoms in total. The quantitative estimate of drug-likeness (QED) is 0.836. The summed E-state index contributed by atoms with van der Waals surface area (Å²) in [7, 11) is 2.07. The van der Waals surface area contributed by atoms with E-state index in [0.29, 0.717) is 12.5 Å². The number of carbonyl (C=O) groups excluding carboxylic acids is 1. The van der Waals surface area contributed by atoms with Crippen molar-refractivity contribution in [1.82, 2.24) is 4.90 Å². The summed E-state index contributed by atoms with van der Waals surface area (Å²) in [6, 6.07) is 8.67. The van der Waals surface area contributed by atoms with E-state index >= 15 is 0 Å². The summed E-state index contributed by atoms with van der Waals surface area (Å²) in [6.07, 6.45) is 6.91. The minimum absolute atomic E-state index is 0. The van der Waals surface area contributed by atoms with Crippen molar-refractivity contribution in [1.29, 1.82) is 0 Å². The van der Waals surface area contributed by atoms with E-state index in [2.05, 4.69) is 17.3 Å². The predicted molar refractivity (Wildman–Crippen MR) is 110 cm³/mol. The topological polar surface area (TPSA) is 44.7 Å². The molecular weight excluding hydrogens is 354 g/mol. The zero-order valence-electron chi connectivity index (χ0n) is 15.0. The fourth-order valence-electron chi connectivity index (χ4n) is 3.29. The Morgan fingerprint density at radius 1 is 1.24 bits per heavy atom. The number of thioether (sulfide) groups is 1. The van der Waals surface area contributed by atoms with Crippen LogP contribution in [0.25, 0.3) is 0 Å². The average molecular weight is 382 g/mol. The molecule has 2 fully saturated rings. The number of amides is 1. The van der Waals surface area contributed by atoms with Gasteiger partial charge < -0.3 is 10.2 Å². The molecule has 1 aliphatic carbocycles. The molecule has 2 aliphatic rings. The van der Waals surface area contributed by atoms with Crippen LogP contribution in [0, 0.1) is 6.92 Å². The van der Waals surface area contributed by atoms with Gasteiger partial charge in [0.1, 0.15) is 0 Å². The number of anilines is 1. The third-order valence-corrected chi connectivity index (χ3v) is 6.08. The minimum Gasteiger partial charge on any atom is -0.350 e.